The maximum Gasteiger partial charge on any atom is 0.421 e. The molecule has 0 aromatic heterocycles. The number of hydrogen-bond acceptors (Lipinski definition) is 4. The van der Waals surface area contributed by atoms with Crippen molar-refractivity contribution in [1.29, 1.82) is 0 Å². The van der Waals surface area contributed by atoms with E-state index in [1.54, 1.807) is 0 Å². The highest BCUT2D eigenvalue weighted by molar-refractivity contribution is 6.87. The molecule has 3 aliphatic rings. The Bertz CT molecular complexity index is 2210. The molecule has 3 heterocycles. The van der Waals surface area contributed by atoms with Gasteiger partial charge in [-0.3, -0.25) is 0 Å². The Hall–Kier alpha value is -6.13. The van der Waals surface area contributed by atoms with Crippen molar-refractivity contribution in [2.24, 2.45) is 0 Å². The van der Waals surface area contributed by atoms with Crippen LogP contribution >= 0.6 is 0 Å². The van der Waals surface area contributed by atoms with Crippen LogP contribution in [0.5, 0.6) is 0 Å². The summed E-state index contributed by atoms with van der Waals surface area (Å²) in [4.78, 5) is 10.0. The van der Waals surface area contributed by atoms with Gasteiger partial charge >= 0.3 is 14.0 Å². The van der Waals surface area contributed by atoms with Crippen LogP contribution in [0, 0.1) is 0 Å². The van der Waals surface area contributed by atoms with Crippen molar-refractivity contribution in [3.8, 4) is 11.1 Å². The van der Waals surface area contributed by atoms with E-state index in [2.05, 4.69) is 201 Å². The highest BCUT2D eigenvalue weighted by atomic mass is 15.3. The van der Waals surface area contributed by atoms with Gasteiger partial charge in [-0.15, -0.1) is 0 Å². The largest absolute Gasteiger partial charge is 0.421 e. The minimum absolute atomic E-state index is 0.0139. The van der Waals surface area contributed by atoms with Gasteiger partial charge in [-0.1, -0.05) is 115 Å². The van der Waals surface area contributed by atoms with Gasteiger partial charge in [0.15, 0.2) is 0 Å². The molecule has 0 aliphatic carbocycles. The molecule has 48 heavy (non-hydrogen) atoms. The Morgan fingerprint density at radius 2 is 0.688 bits per heavy atom. The van der Waals surface area contributed by atoms with Crippen molar-refractivity contribution < 1.29 is 0 Å². The molecular weight excluding hydrogens is 582 g/mol. The smallest absolute Gasteiger partial charge is 0.360 e. The van der Waals surface area contributed by atoms with Gasteiger partial charge in [0.2, 0.25) is 0 Å². The molecule has 0 fully saturated rings. The van der Waals surface area contributed by atoms with Crippen LogP contribution in [-0.4, -0.2) is 14.0 Å². The summed E-state index contributed by atoms with van der Waals surface area (Å²) in [6, 6.07) is 66.1. The van der Waals surface area contributed by atoms with Crippen LogP contribution in [0.15, 0.2) is 182 Å². The van der Waals surface area contributed by atoms with Gasteiger partial charge in [0, 0.05) is 28.3 Å². The molecule has 6 heteroatoms. The summed E-state index contributed by atoms with van der Waals surface area (Å²) in [7, 11) is 0. The number of para-hydroxylation sites is 8. The van der Waals surface area contributed by atoms with Gasteiger partial charge < -0.3 is 19.2 Å². The van der Waals surface area contributed by atoms with Crippen LogP contribution in [0.3, 0.4) is 0 Å². The van der Waals surface area contributed by atoms with Gasteiger partial charge in [0.1, 0.15) is 0 Å². The molecular formula is C42H30B2N4. The van der Waals surface area contributed by atoms with Crippen molar-refractivity contribution in [3.63, 3.8) is 0 Å². The Balaban J connectivity index is 1.21. The third-order valence-corrected chi connectivity index (χ3v) is 9.99. The zero-order chi connectivity index (χ0) is 31.6. The first kappa shape index (κ1) is 27.0. The van der Waals surface area contributed by atoms with Gasteiger partial charge in [0.05, 0.1) is 22.7 Å². The second kappa shape index (κ2) is 10.7. The fourth-order valence-corrected chi connectivity index (χ4v) is 8.05. The summed E-state index contributed by atoms with van der Waals surface area (Å²) in [5.41, 5.74) is 14.6. The van der Waals surface area contributed by atoms with E-state index < -0.39 is 0 Å². The molecule has 7 aromatic rings. The minimum atomic E-state index is -0.0892. The van der Waals surface area contributed by atoms with Crippen molar-refractivity contribution in [3.05, 3.63) is 182 Å². The summed E-state index contributed by atoms with van der Waals surface area (Å²) in [6.45, 7) is -0.103. The van der Waals surface area contributed by atoms with E-state index in [4.69, 9.17) is 0 Å². The van der Waals surface area contributed by atoms with Crippen LogP contribution in [-0.2, 0) is 0 Å². The number of hydrogen-bond donors (Lipinski definition) is 0. The molecule has 0 atom stereocenters. The van der Waals surface area contributed by atoms with Crippen LogP contribution in [0.25, 0.3) is 11.1 Å². The van der Waals surface area contributed by atoms with E-state index in [1.165, 1.54) is 67.6 Å². The molecule has 4 nitrogen and oxygen atoms in total. The minimum Gasteiger partial charge on any atom is -0.360 e. The first-order valence-corrected chi connectivity index (χ1v) is 16.6. The fourth-order valence-electron chi connectivity index (χ4n) is 8.05. The molecule has 10 rings (SSSR count). The molecule has 0 N–H and O–H groups in total. The van der Waals surface area contributed by atoms with Crippen LogP contribution in [0.1, 0.15) is 0 Å². The summed E-state index contributed by atoms with van der Waals surface area (Å²) < 4.78 is 0. The number of rotatable bonds is 4. The van der Waals surface area contributed by atoms with Crippen molar-refractivity contribution >= 4 is 70.4 Å². The monoisotopic (exact) mass is 612 g/mol. The summed E-state index contributed by atoms with van der Waals surface area (Å²) >= 11 is 0. The first-order valence-electron chi connectivity index (χ1n) is 16.6. The number of nitrogens with zero attached hydrogens (tertiary/aromatic N) is 4. The zero-order valence-electron chi connectivity index (χ0n) is 26.3. The lowest BCUT2D eigenvalue weighted by atomic mass is 9.56. The number of anilines is 8. The van der Waals surface area contributed by atoms with Crippen molar-refractivity contribution in [1.82, 2.24) is 0 Å². The lowest BCUT2D eigenvalue weighted by Gasteiger charge is -2.37. The summed E-state index contributed by atoms with van der Waals surface area (Å²) in [5.74, 6) is 0. The predicted molar refractivity (Wildman–Crippen MR) is 203 cm³/mol. The summed E-state index contributed by atoms with van der Waals surface area (Å²) in [6.07, 6.45) is 0. The lowest BCUT2D eigenvalue weighted by Crippen LogP contribution is -2.57. The van der Waals surface area contributed by atoms with Crippen LogP contribution in [0.2, 0.25) is 0 Å². The maximum atomic E-state index is 2.53. The second-order valence-electron chi connectivity index (χ2n) is 12.6. The molecule has 0 spiro atoms. The molecule has 0 radical (unpaired) electrons. The normalized spacial score (nSPS) is 14.0. The van der Waals surface area contributed by atoms with Gasteiger partial charge in [0.25, 0.3) is 0 Å². The maximum absolute atomic E-state index is 2.53. The molecule has 0 bridgehead atoms. The quantitative estimate of drug-likeness (QED) is 0.184. The number of fused-ring (bicyclic) bond motifs is 9. The van der Waals surface area contributed by atoms with Crippen molar-refractivity contribution in [2.75, 3.05) is 19.2 Å². The van der Waals surface area contributed by atoms with E-state index in [1.807, 2.05) is 0 Å². The predicted octanol–water partition coefficient (Wildman–Crippen LogP) is 9.04. The third-order valence-electron chi connectivity index (χ3n) is 9.99. The van der Waals surface area contributed by atoms with Crippen molar-refractivity contribution in [2.45, 2.75) is 0 Å². The topological polar surface area (TPSA) is 13.0 Å². The molecule has 0 amide bonds. The summed E-state index contributed by atoms with van der Waals surface area (Å²) in [5, 5.41) is 0. The average Bonchev–Trinajstić information content (AvgIpc) is 3.70. The Kier molecular flexibility index (Phi) is 6.03. The van der Waals surface area contributed by atoms with E-state index in [9.17, 15) is 0 Å². The number of benzene rings is 7. The average molecular weight is 612 g/mol. The van der Waals surface area contributed by atoms with Crippen LogP contribution < -0.4 is 30.2 Å². The van der Waals surface area contributed by atoms with Crippen LogP contribution in [0.4, 0.5) is 45.5 Å². The molecule has 7 aromatic carbocycles. The fraction of sp³-hybridized carbons (Fsp3) is 0. The molecule has 0 saturated heterocycles. The lowest BCUT2D eigenvalue weighted by molar-refractivity contribution is 1.37. The van der Waals surface area contributed by atoms with E-state index in [0.717, 1.165) is 0 Å². The third kappa shape index (κ3) is 3.93. The highest BCUT2D eigenvalue weighted by Gasteiger charge is 2.49. The standard InChI is InChI=1S/C42H30B2N4/c1-4-16-32(17-5-1)45-39-24-12-13-25-40(39)46(33-18-6-2-7-19-33)43(45)31-28-29-37-36(30-31)35-22-10-11-23-38(35)48-42-27-15-14-26-41(42)47(44(37)48)34-20-8-3-9-21-34/h1-30H. The van der Waals surface area contributed by atoms with E-state index in [0.29, 0.717) is 0 Å². The van der Waals surface area contributed by atoms with Gasteiger partial charge in [-0.05, 0) is 83.2 Å². The molecule has 0 unspecified atom stereocenters. The second-order valence-corrected chi connectivity index (χ2v) is 12.6. The van der Waals surface area contributed by atoms with Gasteiger partial charge in [-0.25, -0.2) is 0 Å². The SMILES string of the molecule is c1ccc(N2B(c3ccc4c(c3)-c3ccccc3N3B4N(c4ccccc4)c4ccccc43)N(c3ccccc3)c3ccccc32)cc1. The highest BCUT2D eigenvalue weighted by Crippen LogP contribution is 2.51. The van der Waals surface area contributed by atoms with E-state index >= 15 is 0 Å². The van der Waals surface area contributed by atoms with E-state index in [-0.39, 0.29) is 14.0 Å². The molecule has 3 aliphatic heterocycles. The Morgan fingerprint density at radius 3 is 1.19 bits per heavy atom. The molecule has 0 saturated carbocycles. The molecule has 224 valence electrons. The Labute approximate surface area is 282 Å². The Morgan fingerprint density at radius 1 is 0.292 bits per heavy atom. The zero-order valence-corrected chi connectivity index (χ0v) is 26.3. The van der Waals surface area contributed by atoms with Gasteiger partial charge in [-0.2, -0.15) is 0 Å². The first-order chi connectivity index (χ1) is 23.9.